The molecule has 5 aromatic carbocycles. The molecule has 4 heteroatoms. The zero-order valence-corrected chi connectivity index (χ0v) is 26.4. The van der Waals surface area contributed by atoms with Crippen molar-refractivity contribution in [3.63, 3.8) is 0 Å². The van der Waals surface area contributed by atoms with Crippen LogP contribution in [0.3, 0.4) is 0 Å². The van der Waals surface area contributed by atoms with Crippen LogP contribution in [0.15, 0.2) is 122 Å². The van der Waals surface area contributed by atoms with E-state index in [9.17, 15) is 0 Å². The molecule has 7 aromatic rings. The van der Waals surface area contributed by atoms with E-state index < -0.39 is 0 Å². The van der Waals surface area contributed by atoms with Gasteiger partial charge in [-0.3, -0.25) is 0 Å². The van der Waals surface area contributed by atoms with E-state index in [1.54, 1.807) is 0 Å². The third kappa shape index (κ3) is 4.74. The molecule has 0 spiro atoms. The summed E-state index contributed by atoms with van der Waals surface area (Å²) < 4.78 is 6.29. The summed E-state index contributed by atoms with van der Waals surface area (Å²) in [4.78, 5) is 9.64. The number of aromatic nitrogens is 2. The number of rotatable bonds is 4. The van der Waals surface area contributed by atoms with E-state index in [1.807, 2.05) is 48.8 Å². The molecule has 0 bridgehead atoms. The molecule has 1 aliphatic rings. The second-order valence-electron chi connectivity index (χ2n) is 11.0. The molecule has 8 rings (SSSR count). The number of hydrogen-bond donors (Lipinski definition) is 0. The van der Waals surface area contributed by atoms with Gasteiger partial charge in [0.15, 0.2) is 0 Å². The Labute approximate surface area is 271 Å². The molecule has 44 heavy (non-hydrogen) atoms. The van der Waals surface area contributed by atoms with Gasteiger partial charge >= 0.3 is 21.1 Å². The topological polar surface area (TPSA) is 35.0 Å². The molecule has 3 nitrogen and oxygen atoms in total. The van der Waals surface area contributed by atoms with Crippen molar-refractivity contribution in [1.82, 2.24) is 9.97 Å². The molecule has 0 saturated carbocycles. The summed E-state index contributed by atoms with van der Waals surface area (Å²) in [6, 6.07) is 44.6. The van der Waals surface area contributed by atoms with E-state index in [1.165, 1.54) is 44.3 Å². The normalized spacial score (nSPS) is 11.2. The van der Waals surface area contributed by atoms with Gasteiger partial charge < -0.3 is 14.7 Å². The zero-order chi connectivity index (χ0) is 28.9. The minimum absolute atomic E-state index is 0. The Morgan fingerprint density at radius 2 is 1.09 bits per heavy atom. The second kappa shape index (κ2) is 11.3. The summed E-state index contributed by atoms with van der Waals surface area (Å²) in [5.41, 5.74) is 13.1. The number of pyridine rings is 2. The van der Waals surface area contributed by atoms with E-state index in [0.29, 0.717) is 11.5 Å². The molecule has 0 N–H and O–H groups in total. The van der Waals surface area contributed by atoms with Crippen LogP contribution in [-0.2, 0) is 21.1 Å². The molecule has 0 fully saturated rings. The van der Waals surface area contributed by atoms with Crippen molar-refractivity contribution in [2.75, 3.05) is 0 Å². The number of ether oxygens (including phenoxy) is 1. The summed E-state index contributed by atoms with van der Waals surface area (Å²) in [5.74, 6) is 1.22. The maximum Gasteiger partial charge on any atom is 2.00 e. The largest absolute Gasteiger partial charge is 2.00 e. The summed E-state index contributed by atoms with van der Waals surface area (Å²) in [7, 11) is 0. The Morgan fingerprint density at radius 3 is 1.77 bits per heavy atom. The minimum atomic E-state index is 0. The third-order valence-corrected chi connectivity index (χ3v) is 8.30. The van der Waals surface area contributed by atoms with E-state index in [2.05, 4.69) is 104 Å². The van der Waals surface area contributed by atoms with Crippen LogP contribution >= 0.6 is 0 Å². The fraction of sp³-hybridized carbons (Fsp3) is 0.0500. The van der Waals surface area contributed by atoms with Gasteiger partial charge in [-0.25, -0.2) is 0 Å². The molecule has 0 aliphatic heterocycles. The van der Waals surface area contributed by atoms with E-state index in [4.69, 9.17) is 9.72 Å². The SMILES string of the molecule is Cc1cnc(-c2[c-]c(Oc3[c-]c(-c4ncc5c6c(cccc46)-c4ccccc4-c4ccccc4-5)ccc3)ccc2)cc1C.[Pt+2]. The first kappa shape index (κ1) is 27.9. The Balaban J connectivity index is 0.00000312. The molecule has 1 aliphatic carbocycles. The molecule has 0 amide bonds. The molecule has 2 heterocycles. The number of fused-ring (bicyclic) bond motifs is 5. The summed E-state index contributed by atoms with van der Waals surface area (Å²) in [6.07, 6.45) is 3.91. The Hall–Kier alpha value is -4.85. The second-order valence-corrected chi connectivity index (χ2v) is 11.0. The maximum absolute atomic E-state index is 6.29. The van der Waals surface area contributed by atoms with Crippen LogP contribution in [0.2, 0.25) is 0 Å². The van der Waals surface area contributed by atoms with Gasteiger partial charge in [0.2, 0.25) is 0 Å². The predicted octanol–water partition coefficient (Wildman–Crippen LogP) is 10.3. The van der Waals surface area contributed by atoms with Gasteiger partial charge in [0.1, 0.15) is 0 Å². The summed E-state index contributed by atoms with van der Waals surface area (Å²) in [5, 5.41) is 2.29. The maximum atomic E-state index is 6.29. The number of aryl methyl sites for hydroxylation is 2. The average Bonchev–Trinajstić information content (AvgIpc) is 3.17. The van der Waals surface area contributed by atoms with Gasteiger partial charge in [0.25, 0.3) is 0 Å². The van der Waals surface area contributed by atoms with Gasteiger partial charge in [-0.15, -0.1) is 47.5 Å². The van der Waals surface area contributed by atoms with Crippen molar-refractivity contribution in [2.45, 2.75) is 13.8 Å². The first-order valence-electron chi connectivity index (χ1n) is 14.4. The van der Waals surface area contributed by atoms with E-state index >= 15 is 0 Å². The molecule has 0 atom stereocenters. The van der Waals surface area contributed by atoms with Crippen molar-refractivity contribution in [1.29, 1.82) is 0 Å². The molecular weight excluding hydrogens is 720 g/mol. The van der Waals surface area contributed by atoms with Crippen LogP contribution in [0.25, 0.3) is 66.7 Å². The Kier molecular flexibility index (Phi) is 7.20. The molecule has 0 unspecified atom stereocenters. The molecule has 212 valence electrons. The van der Waals surface area contributed by atoms with Gasteiger partial charge in [0, 0.05) is 29.5 Å². The van der Waals surface area contributed by atoms with Crippen molar-refractivity contribution in [3.8, 4) is 67.4 Å². The van der Waals surface area contributed by atoms with E-state index in [-0.39, 0.29) is 21.1 Å². The Bertz CT molecular complexity index is 2150. The fourth-order valence-corrected chi connectivity index (χ4v) is 6.04. The van der Waals surface area contributed by atoms with Crippen molar-refractivity contribution < 1.29 is 25.8 Å². The zero-order valence-electron chi connectivity index (χ0n) is 24.2. The van der Waals surface area contributed by atoms with Crippen LogP contribution in [0.5, 0.6) is 11.5 Å². The molecule has 0 saturated heterocycles. The minimum Gasteiger partial charge on any atom is -0.497 e. The van der Waals surface area contributed by atoms with Crippen molar-refractivity contribution >= 4 is 10.8 Å². The number of hydrogen-bond acceptors (Lipinski definition) is 3. The summed E-state index contributed by atoms with van der Waals surface area (Å²) in [6.45, 7) is 4.16. The quantitative estimate of drug-likeness (QED) is 0.168. The average molecular weight is 746 g/mol. The molecule has 0 radical (unpaired) electrons. The Morgan fingerprint density at radius 1 is 0.523 bits per heavy atom. The van der Waals surface area contributed by atoms with Gasteiger partial charge in [-0.1, -0.05) is 90.5 Å². The van der Waals surface area contributed by atoms with Gasteiger partial charge in [-0.2, -0.15) is 0 Å². The van der Waals surface area contributed by atoms with Gasteiger partial charge in [0.05, 0.1) is 0 Å². The molecule has 2 aromatic heterocycles. The third-order valence-electron chi connectivity index (χ3n) is 8.30. The van der Waals surface area contributed by atoms with Crippen molar-refractivity contribution in [2.24, 2.45) is 0 Å². The van der Waals surface area contributed by atoms with Crippen LogP contribution in [0.1, 0.15) is 11.1 Å². The van der Waals surface area contributed by atoms with Crippen LogP contribution in [0, 0.1) is 26.0 Å². The van der Waals surface area contributed by atoms with Crippen LogP contribution < -0.4 is 4.74 Å². The first-order chi connectivity index (χ1) is 21.1. The fourth-order valence-electron chi connectivity index (χ4n) is 6.04. The number of benzene rings is 5. The van der Waals surface area contributed by atoms with Crippen LogP contribution in [0.4, 0.5) is 0 Å². The summed E-state index contributed by atoms with van der Waals surface area (Å²) >= 11 is 0. The monoisotopic (exact) mass is 745 g/mol. The number of nitrogens with zero attached hydrogens (tertiary/aromatic N) is 2. The van der Waals surface area contributed by atoms with Gasteiger partial charge in [-0.05, 0) is 69.4 Å². The van der Waals surface area contributed by atoms with E-state index in [0.717, 1.165) is 33.5 Å². The standard InChI is InChI=1S/C40H26N2O.Pt/c1-25-20-38(41-23-26(25)2)27-10-7-12-29(21-27)43-30-13-8-11-28(22-30)40-36-19-9-18-35-33-16-5-3-14-31(33)32-15-4-6-17-34(32)37(24-42-40)39(35)36;/h3-20,23-24H,1-2H3;/q-2;+2. The molecular formula is C40H26N2OPt. The predicted molar refractivity (Wildman–Crippen MR) is 174 cm³/mol. The van der Waals surface area contributed by atoms with Crippen molar-refractivity contribution in [3.05, 3.63) is 145 Å². The first-order valence-corrected chi connectivity index (χ1v) is 14.4. The van der Waals surface area contributed by atoms with Crippen LogP contribution in [-0.4, -0.2) is 9.97 Å². The smallest absolute Gasteiger partial charge is 0.497 e.